The maximum Gasteiger partial charge on any atom is 0.433 e. The molecule has 1 aromatic rings. The van der Waals surface area contributed by atoms with Crippen molar-refractivity contribution in [2.45, 2.75) is 32.5 Å². The Bertz CT molecular complexity index is 437. The molecule has 1 aromatic heterocycles. The summed E-state index contributed by atoms with van der Waals surface area (Å²) in [6.07, 6.45) is -4.10. The normalized spacial score (nSPS) is 13.4. The molecular formula is C12H19F3N4O. The first-order valence-electron chi connectivity index (χ1n) is 6.29. The van der Waals surface area contributed by atoms with Crippen LogP contribution in [0.15, 0.2) is 6.07 Å². The predicted octanol–water partition coefficient (Wildman–Crippen LogP) is 2.36. The number of aliphatic hydroxyl groups excluding tert-OH is 1. The average molecular weight is 292 g/mol. The Morgan fingerprint density at radius 2 is 1.95 bits per heavy atom. The largest absolute Gasteiger partial charge is 0.433 e. The summed E-state index contributed by atoms with van der Waals surface area (Å²) in [5.74, 6) is 0.127. The second kappa shape index (κ2) is 6.74. The van der Waals surface area contributed by atoms with Gasteiger partial charge < -0.3 is 15.7 Å². The predicted molar refractivity (Wildman–Crippen MR) is 70.5 cm³/mol. The molecule has 1 heterocycles. The molecule has 0 saturated carbocycles. The molecule has 1 atom stereocenters. The quantitative estimate of drug-likeness (QED) is 0.751. The molecule has 114 valence electrons. The van der Waals surface area contributed by atoms with Gasteiger partial charge in [-0.05, 0) is 12.3 Å². The maximum atomic E-state index is 12.7. The average Bonchev–Trinajstić information content (AvgIpc) is 2.36. The van der Waals surface area contributed by atoms with Crippen molar-refractivity contribution in [3.8, 4) is 0 Å². The fourth-order valence-corrected chi connectivity index (χ4v) is 1.68. The van der Waals surface area contributed by atoms with Gasteiger partial charge in [0, 0.05) is 25.8 Å². The van der Waals surface area contributed by atoms with Gasteiger partial charge in [-0.2, -0.15) is 18.2 Å². The lowest BCUT2D eigenvalue weighted by Gasteiger charge is -2.22. The molecule has 0 bridgehead atoms. The van der Waals surface area contributed by atoms with E-state index >= 15 is 0 Å². The first-order chi connectivity index (χ1) is 9.27. The second-order valence-electron chi connectivity index (χ2n) is 4.72. The van der Waals surface area contributed by atoms with E-state index in [1.54, 1.807) is 0 Å². The third-order valence-electron chi connectivity index (χ3n) is 2.82. The summed E-state index contributed by atoms with van der Waals surface area (Å²) in [6, 6.07) is 0.703. The maximum absolute atomic E-state index is 12.7. The molecule has 5 nitrogen and oxygen atoms in total. The third kappa shape index (κ3) is 4.52. The Kier molecular flexibility index (Phi) is 5.55. The van der Waals surface area contributed by atoms with Gasteiger partial charge in [0.05, 0.1) is 0 Å². The standard InChI is InChI=1S/C12H19F3N4O/c1-7(2)8(4-5-20)17-10-6-9(12(13,14)15)18-11(16-3)19-10/h6-8,20H,4-5H2,1-3H3,(H2,16,17,18,19). The van der Waals surface area contributed by atoms with Crippen molar-refractivity contribution in [2.75, 3.05) is 24.3 Å². The van der Waals surface area contributed by atoms with E-state index in [4.69, 9.17) is 5.11 Å². The fourth-order valence-electron chi connectivity index (χ4n) is 1.68. The Morgan fingerprint density at radius 3 is 2.40 bits per heavy atom. The minimum Gasteiger partial charge on any atom is -0.396 e. The van der Waals surface area contributed by atoms with E-state index in [1.807, 2.05) is 13.8 Å². The summed E-state index contributed by atoms with van der Waals surface area (Å²) in [5, 5.41) is 14.4. The van der Waals surface area contributed by atoms with Gasteiger partial charge in [0.15, 0.2) is 5.69 Å². The van der Waals surface area contributed by atoms with Crippen LogP contribution in [0.5, 0.6) is 0 Å². The summed E-state index contributed by atoms with van der Waals surface area (Å²) in [5.41, 5.74) is -1.01. The SMILES string of the molecule is CNc1nc(NC(CCO)C(C)C)cc(C(F)(F)F)n1. The number of hydrogen-bond acceptors (Lipinski definition) is 5. The lowest BCUT2D eigenvalue weighted by molar-refractivity contribution is -0.141. The highest BCUT2D eigenvalue weighted by Crippen LogP contribution is 2.30. The molecule has 8 heteroatoms. The first-order valence-corrected chi connectivity index (χ1v) is 6.29. The van der Waals surface area contributed by atoms with Crippen LogP contribution in [0.4, 0.5) is 24.9 Å². The molecule has 1 rings (SSSR count). The van der Waals surface area contributed by atoms with Gasteiger partial charge in [-0.15, -0.1) is 0 Å². The van der Waals surface area contributed by atoms with Gasteiger partial charge in [0.25, 0.3) is 0 Å². The lowest BCUT2D eigenvalue weighted by Crippen LogP contribution is -2.27. The highest BCUT2D eigenvalue weighted by atomic mass is 19.4. The highest BCUT2D eigenvalue weighted by Gasteiger charge is 2.34. The minimum absolute atomic E-state index is 0.0497. The van der Waals surface area contributed by atoms with Crippen molar-refractivity contribution >= 4 is 11.8 Å². The molecule has 0 spiro atoms. The number of halogens is 3. The Balaban J connectivity index is 3.04. The van der Waals surface area contributed by atoms with Crippen molar-refractivity contribution in [2.24, 2.45) is 5.92 Å². The Labute approximate surface area is 115 Å². The number of rotatable bonds is 6. The smallest absolute Gasteiger partial charge is 0.396 e. The van der Waals surface area contributed by atoms with Crippen LogP contribution in [0.1, 0.15) is 26.0 Å². The summed E-state index contributed by atoms with van der Waals surface area (Å²) >= 11 is 0. The van der Waals surface area contributed by atoms with E-state index in [0.717, 1.165) is 6.07 Å². The van der Waals surface area contributed by atoms with Crippen LogP contribution in [-0.4, -0.2) is 34.8 Å². The molecule has 20 heavy (non-hydrogen) atoms. The van der Waals surface area contributed by atoms with E-state index in [1.165, 1.54) is 7.05 Å². The van der Waals surface area contributed by atoms with E-state index in [9.17, 15) is 13.2 Å². The molecule has 0 aliphatic heterocycles. The molecular weight excluding hydrogens is 273 g/mol. The van der Waals surface area contributed by atoms with Crippen LogP contribution in [0, 0.1) is 5.92 Å². The van der Waals surface area contributed by atoms with Crippen LogP contribution in [0.25, 0.3) is 0 Å². The van der Waals surface area contributed by atoms with Gasteiger partial charge >= 0.3 is 6.18 Å². The summed E-state index contributed by atoms with van der Waals surface area (Å²) in [6.45, 7) is 3.78. The van der Waals surface area contributed by atoms with Crippen molar-refractivity contribution < 1.29 is 18.3 Å². The molecule has 1 unspecified atom stereocenters. The van der Waals surface area contributed by atoms with Crippen molar-refractivity contribution in [1.82, 2.24) is 9.97 Å². The van der Waals surface area contributed by atoms with Crippen molar-refractivity contribution in [3.63, 3.8) is 0 Å². The van der Waals surface area contributed by atoms with Crippen LogP contribution < -0.4 is 10.6 Å². The molecule has 0 radical (unpaired) electrons. The fraction of sp³-hybridized carbons (Fsp3) is 0.667. The van der Waals surface area contributed by atoms with Gasteiger partial charge in [0.2, 0.25) is 5.95 Å². The Hall–Kier alpha value is -1.57. The van der Waals surface area contributed by atoms with E-state index in [0.29, 0.717) is 6.42 Å². The zero-order valence-electron chi connectivity index (χ0n) is 11.6. The number of anilines is 2. The van der Waals surface area contributed by atoms with Gasteiger partial charge in [-0.25, -0.2) is 4.98 Å². The number of aliphatic hydroxyl groups is 1. The minimum atomic E-state index is -4.53. The monoisotopic (exact) mass is 292 g/mol. The third-order valence-corrected chi connectivity index (χ3v) is 2.82. The topological polar surface area (TPSA) is 70.1 Å². The first kappa shape index (κ1) is 16.5. The van der Waals surface area contributed by atoms with Crippen molar-refractivity contribution in [1.29, 1.82) is 0 Å². The highest BCUT2D eigenvalue weighted by molar-refractivity contribution is 5.43. The van der Waals surface area contributed by atoms with Crippen LogP contribution in [0.3, 0.4) is 0 Å². The van der Waals surface area contributed by atoms with E-state index < -0.39 is 11.9 Å². The number of aromatic nitrogens is 2. The number of nitrogens with zero attached hydrogens (tertiary/aromatic N) is 2. The van der Waals surface area contributed by atoms with Gasteiger partial charge in [-0.3, -0.25) is 0 Å². The zero-order chi connectivity index (χ0) is 15.3. The van der Waals surface area contributed by atoms with Crippen LogP contribution in [-0.2, 0) is 6.18 Å². The molecule has 0 saturated heterocycles. The number of alkyl halides is 3. The molecule has 0 aliphatic rings. The Morgan fingerprint density at radius 1 is 1.30 bits per heavy atom. The van der Waals surface area contributed by atoms with Crippen LogP contribution >= 0.6 is 0 Å². The molecule has 0 aromatic carbocycles. The van der Waals surface area contributed by atoms with E-state index in [-0.39, 0.29) is 30.3 Å². The molecule has 0 fully saturated rings. The lowest BCUT2D eigenvalue weighted by atomic mass is 10.0. The van der Waals surface area contributed by atoms with Crippen LogP contribution in [0.2, 0.25) is 0 Å². The summed E-state index contributed by atoms with van der Waals surface area (Å²) in [7, 11) is 1.45. The van der Waals surface area contributed by atoms with Crippen molar-refractivity contribution in [3.05, 3.63) is 11.8 Å². The second-order valence-corrected chi connectivity index (χ2v) is 4.72. The number of hydrogen-bond donors (Lipinski definition) is 3. The summed E-state index contributed by atoms with van der Waals surface area (Å²) < 4.78 is 38.2. The number of nitrogens with one attached hydrogen (secondary N) is 2. The zero-order valence-corrected chi connectivity index (χ0v) is 11.6. The molecule has 0 amide bonds. The molecule has 0 aliphatic carbocycles. The molecule has 3 N–H and O–H groups in total. The summed E-state index contributed by atoms with van der Waals surface area (Å²) in [4.78, 5) is 7.34. The van der Waals surface area contributed by atoms with E-state index in [2.05, 4.69) is 20.6 Å². The van der Waals surface area contributed by atoms with Gasteiger partial charge in [-0.1, -0.05) is 13.8 Å². The van der Waals surface area contributed by atoms with Gasteiger partial charge in [0.1, 0.15) is 5.82 Å².